The van der Waals surface area contributed by atoms with Crippen molar-refractivity contribution in [2.45, 2.75) is 6.61 Å². The SMILES string of the molecule is N=C(SC(N)=NC(=O)c1ccc(OC(F)F)c(NC(=O)CN2CCOCC2)c1)c1ccccc1. The molecular formula is C22H23F2N5O4S. The largest absolute Gasteiger partial charge is 0.433 e. The highest BCUT2D eigenvalue weighted by molar-refractivity contribution is 8.26. The number of amidine groups is 1. The van der Waals surface area contributed by atoms with Gasteiger partial charge in [-0.15, -0.1) is 0 Å². The van der Waals surface area contributed by atoms with Gasteiger partial charge < -0.3 is 20.5 Å². The van der Waals surface area contributed by atoms with Gasteiger partial charge in [0.2, 0.25) is 5.91 Å². The highest BCUT2D eigenvalue weighted by Gasteiger charge is 2.19. The number of hydrogen-bond acceptors (Lipinski definition) is 7. The van der Waals surface area contributed by atoms with Crippen LogP contribution in [0.3, 0.4) is 0 Å². The molecule has 4 N–H and O–H groups in total. The Bertz CT molecular complexity index is 1060. The molecule has 0 aromatic heterocycles. The Kier molecular flexibility index (Phi) is 9.08. The lowest BCUT2D eigenvalue weighted by Crippen LogP contribution is -2.41. The van der Waals surface area contributed by atoms with Crippen LogP contribution in [0.25, 0.3) is 0 Å². The van der Waals surface area contributed by atoms with Crippen molar-refractivity contribution in [3.05, 3.63) is 59.7 Å². The van der Waals surface area contributed by atoms with Gasteiger partial charge in [-0.05, 0) is 30.0 Å². The van der Waals surface area contributed by atoms with E-state index in [2.05, 4.69) is 15.0 Å². The second-order valence-electron chi connectivity index (χ2n) is 7.08. The summed E-state index contributed by atoms with van der Waals surface area (Å²) < 4.78 is 35.3. The van der Waals surface area contributed by atoms with E-state index in [-0.39, 0.29) is 33.8 Å². The Balaban J connectivity index is 1.72. The van der Waals surface area contributed by atoms with Crippen molar-refractivity contribution in [1.29, 1.82) is 5.41 Å². The van der Waals surface area contributed by atoms with Crippen LogP contribution >= 0.6 is 11.8 Å². The van der Waals surface area contributed by atoms with E-state index in [9.17, 15) is 18.4 Å². The monoisotopic (exact) mass is 491 g/mol. The summed E-state index contributed by atoms with van der Waals surface area (Å²) in [5.41, 5.74) is 6.32. The maximum absolute atomic E-state index is 12.8. The molecule has 180 valence electrons. The van der Waals surface area contributed by atoms with E-state index in [1.807, 2.05) is 4.90 Å². The van der Waals surface area contributed by atoms with Gasteiger partial charge in [-0.3, -0.25) is 19.9 Å². The van der Waals surface area contributed by atoms with Crippen LogP contribution in [0.4, 0.5) is 14.5 Å². The number of amides is 2. The van der Waals surface area contributed by atoms with Crippen molar-refractivity contribution in [3.8, 4) is 5.75 Å². The van der Waals surface area contributed by atoms with E-state index < -0.39 is 18.4 Å². The zero-order valence-corrected chi connectivity index (χ0v) is 18.8. The number of nitrogens with zero attached hydrogens (tertiary/aromatic N) is 2. The zero-order chi connectivity index (χ0) is 24.5. The van der Waals surface area contributed by atoms with Gasteiger partial charge in [-0.2, -0.15) is 13.8 Å². The van der Waals surface area contributed by atoms with E-state index in [4.69, 9.17) is 15.9 Å². The second-order valence-corrected chi connectivity index (χ2v) is 8.11. The number of alkyl halides is 2. The third-order valence-corrected chi connectivity index (χ3v) is 5.38. The first-order valence-electron chi connectivity index (χ1n) is 10.2. The fourth-order valence-electron chi connectivity index (χ4n) is 3.05. The van der Waals surface area contributed by atoms with Crippen molar-refractivity contribution in [3.63, 3.8) is 0 Å². The number of nitrogens with two attached hydrogens (primary N) is 1. The first-order valence-corrected chi connectivity index (χ1v) is 11.0. The van der Waals surface area contributed by atoms with Crippen LogP contribution in [0.15, 0.2) is 53.5 Å². The predicted octanol–water partition coefficient (Wildman–Crippen LogP) is 2.77. The van der Waals surface area contributed by atoms with Crippen molar-refractivity contribution in [2.24, 2.45) is 10.7 Å². The number of carbonyl (C=O) groups excluding carboxylic acids is 2. The molecule has 1 fully saturated rings. The van der Waals surface area contributed by atoms with Crippen molar-refractivity contribution in [2.75, 3.05) is 38.2 Å². The Labute approximate surface area is 198 Å². The smallest absolute Gasteiger partial charge is 0.387 e. The van der Waals surface area contributed by atoms with Crippen molar-refractivity contribution < 1.29 is 27.8 Å². The molecule has 1 aliphatic rings. The number of benzene rings is 2. The fourth-order valence-corrected chi connectivity index (χ4v) is 3.64. The van der Waals surface area contributed by atoms with Gasteiger partial charge in [-0.25, -0.2) is 0 Å². The number of rotatable bonds is 7. The highest BCUT2D eigenvalue weighted by Crippen LogP contribution is 2.28. The molecule has 0 aliphatic carbocycles. The second kappa shape index (κ2) is 12.2. The van der Waals surface area contributed by atoms with Gasteiger partial charge in [0.05, 0.1) is 25.4 Å². The van der Waals surface area contributed by atoms with Crippen LogP contribution in [0.5, 0.6) is 5.75 Å². The highest BCUT2D eigenvalue weighted by atomic mass is 32.2. The molecule has 2 aromatic rings. The summed E-state index contributed by atoms with van der Waals surface area (Å²) in [7, 11) is 0. The number of ether oxygens (including phenoxy) is 2. The molecular weight excluding hydrogens is 468 g/mol. The van der Waals surface area contributed by atoms with Gasteiger partial charge in [0.15, 0.2) is 5.17 Å². The predicted molar refractivity (Wildman–Crippen MR) is 126 cm³/mol. The molecule has 12 heteroatoms. The third-order valence-electron chi connectivity index (χ3n) is 4.64. The van der Waals surface area contributed by atoms with Gasteiger partial charge in [0.1, 0.15) is 10.8 Å². The van der Waals surface area contributed by atoms with E-state index >= 15 is 0 Å². The number of aliphatic imine (C=N–C) groups is 1. The molecule has 9 nitrogen and oxygen atoms in total. The lowest BCUT2D eigenvalue weighted by atomic mass is 10.1. The molecule has 0 saturated carbocycles. The number of morpholine rings is 1. The summed E-state index contributed by atoms with van der Waals surface area (Å²) in [6, 6.07) is 12.4. The average molecular weight is 492 g/mol. The molecule has 0 radical (unpaired) electrons. The first kappa shape index (κ1) is 25.3. The minimum Gasteiger partial charge on any atom is -0.433 e. The minimum atomic E-state index is -3.12. The standard InChI is InChI=1S/C22H23F2N5O4S/c23-21(24)33-17-7-6-15(12-16(17)27-18(30)13-29-8-10-32-11-9-29)20(31)28-22(26)34-19(25)14-4-2-1-3-5-14/h1-7,12,21,25H,8-11,13H2,(H,27,30)(H2,26,28,31). The molecule has 0 unspecified atom stereocenters. The lowest BCUT2D eigenvalue weighted by molar-refractivity contribution is -0.118. The minimum absolute atomic E-state index is 0.00178. The Morgan fingerprint density at radius 2 is 1.88 bits per heavy atom. The summed E-state index contributed by atoms with van der Waals surface area (Å²) >= 11 is 0.802. The molecule has 1 heterocycles. The molecule has 0 atom stereocenters. The molecule has 2 amide bonds. The molecule has 1 aliphatic heterocycles. The number of hydrogen-bond donors (Lipinski definition) is 3. The van der Waals surface area contributed by atoms with E-state index in [0.717, 1.165) is 17.8 Å². The Morgan fingerprint density at radius 3 is 2.56 bits per heavy atom. The van der Waals surface area contributed by atoms with Gasteiger partial charge in [-0.1, -0.05) is 30.3 Å². The van der Waals surface area contributed by atoms with Crippen LogP contribution in [0.1, 0.15) is 15.9 Å². The normalized spacial score (nSPS) is 14.6. The van der Waals surface area contributed by atoms with E-state index in [0.29, 0.717) is 31.9 Å². The molecule has 1 saturated heterocycles. The summed E-state index contributed by atoms with van der Waals surface area (Å²) in [6.07, 6.45) is 0. The van der Waals surface area contributed by atoms with Crippen molar-refractivity contribution in [1.82, 2.24) is 4.90 Å². The van der Waals surface area contributed by atoms with Crippen LogP contribution in [0, 0.1) is 5.41 Å². The van der Waals surface area contributed by atoms with Gasteiger partial charge >= 0.3 is 6.61 Å². The summed E-state index contributed by atoms with van der Waals surface area (Å²) in [4.78, 5) is 30.6. The van der Waals surface area contributed by atoms with Crippen molar-refractivity contribution >= 4 is 39.5 Å². The summed E-state index contributed by atoms with van der Waals surface area (Å²) in [5, 5.41) is 10.5. The first-order chi connectivity index (χ1) is 16.3. The molecule has 2 aromatic carbocycles. The quantitative estimate of drug-likeness (QED) is 0.401. The summed E-state index contributed by atoms with van der Waals surface area (Å²) in [6.45, 7) is -0.970. The van der Waals surface area contributed by atoms with Crippen LogP contribution in [0.2, 0.25) is 0 Å². The van der Waals surface area contributed by atoms with Gasteiger partial charge in [0, 0.05) is 24.2 Å². The average Bonchev–Trinajstić information content (AvgIpc) is 2.81. The Hall–Kier alpha value is -3.35. The Morgan fingerprint density at radius 1 is 1.18 bits per heavy atom. The number of thioether (sulfide) groups is 1. The fraction of sp³-hybridized carbons (Fsp3) is 0.273. The van der Waals surface area contributed by atoms with Crippen LogP contribution in [-0.2, 0) is 9.53 Å². The van der Waals surface area contributed by atoms with E-state index in [1.165, 1.54) is 12.1 Å². The molecule has 34 heavy (non-hydrogen) atoms. The summed E-state index contributed by atoms with van der Waals surface area (Å²) in [5.74, 6) is -1.52. The number of nitrogens with one attached hydrogen (secondary N) is 2. The topological polar surface area (TPSA) is 130 Å². The lowest BCUT2D eigenvalue weighted by Gasteiger charge is -2.26. The molecule has 0 bridgehead atoms. The van der Waals surface area contributed by atoms with E-state index in [1.54, 1.807) is 30.3 Å². The maximum Gasteiger partial charge on any atom is 0.387 e. The maximum atomic E-state index is 12.8. The number of anilines is 1. The number of carbonyl (C=O) groups is 2. The molecule has 0 spiro atoms. The third kappa shape index (κ3) is 7.61. The molecule has 3 rings (SSSR count). The van der Waals surface area contributed by atoms with Gasteiger partial charge in [0.25, 0.3) is 5.91 Å². The van der Waals surface area contributed by atoms with Crippen LogP contribution < -0.4 is 15.8 Å². The number of halogens is 2. The van der Waals surface area contributed by atoms with Crippen LogP contribution in [-0.4, -0.2) is 66.4 Å². The zero-order valence-electron chi connectivity index (χ0n) is 18.0.